The van der Waals surface area contributed by atoms with Crippen molar-refractivity contribution in [1.82, 2.24) is 10.1 Å². The summed E-state index contributed by atoms with van der Waals surface area (Å²) in [7, 11) is 0. The molecule has 0 aliphatic heterocycles. The summed E-state index contributed by atoms with van der Waals surface area (Å²) in [4.78, 5) is 15.2. The largest absolute Gasteiger partial charge is 0.363 e. The molecule has 0 radical (unpaired) electrons. The van der Waals surface area contributed by atoms with Crippen molar-refractivity contribution in [3.05, 3.63) is 36.9 Å². The summed E-state index contributed by atoms with van der Waals surface area (Å²) in [6, 6.07) is 4.61. The lowest BCUT2D eigenvalue weighted by molar-refractivity contribution is 0.262. The summed E-state index contributed by atoms with van der Waals surface area (Å²) in [5.74, 6) is 0.358. The summed E-state index contributed by atoms with van der Waals surface area (Å²) in [6.45, 7) is 0. The van der Waals surface area contributed by atoms with Gasteiger partial charge in [-0.1, -0.05) is 5.16 Å². The molecule has 6 nitrogen and oxygen atoms in total. The molecular formula is C9H8N4O2. The molecule has 0 unspecified atom stereocenters. The van der Waals surface area contributed by atoms with E-state index < -0.39 is 6.03 Å². The third kappa shape index (κ3) is 2.53. The molecule has 2 amide bonds. The molecule has 2 heterocycles. The minimum absolute atomic E-state index is 0.358. The summed E-state index contributed by atoms with van der Waals surface area (Å²) >= 11 is 0. The van der Waals surface area contributed by atoms with Gasteiger partial charge in [-0.3, -0.25) is 10.3 Å². The van der Waals surface area contributed by atoms with E-state index in [-0.39, 0.29) is 0 Å². The second-order valence-electron chi connectivity index (χ2n) is 2.71. The third-order valence-corrected chi connectivity index (χ3v) is 1.60. The number of urea groups is 1. The zero-order valence-electron chi connectivity index (χ0n) is 7.68. The van der Waals surface area contributed by atoms with Gasteiger partial charge < -0.3 is 9.84 Å². The van der Waals surface area contributed by atoms with Crippen molar-refractivity contribution < 1.29 is 9.32 Å². The molecule has 76 valence electrons. The minimum Gasteiger partial charge on any atom is -0.363 e. The van der Waals surface area contributed by atoms with Gasteiger partial charge in [0.05, 0.1) is 11.9 Å². The SMILES string of the molecule is O=C(Nc1cccnc1)Nc1ccon1. The number of nitrogens with one attached hydrogen (secondary N) is 2. The van der Waals surface area contributed by atoms with Gasteiger partial charge >= 0.3 is 6.03 Å². The summed E-state index contributed by atoms with van der Waals surface area (Å²) in [6.07, 6.45) is 4.54. The number of amides is 2. The van der Waals surface area contributed by atoms with Crippen LogP contribution in [0.25, 0.3) is 0 Å². The molecule has 0 aliphatic carbocycles. The molecule has 0 fully saturated rings. The van der Waals surface area contributed by atoms with Crippen LogP contribution in [0, 0.1) is 0 Å². The molecule has 0 bridgehead atoms. The van der Waals surface area contributed by atoms with Gasteiger partial charge in [0.25, 0.3) is 0 Å². The Labute approximate surface area is 85.3 Å². The van der Waals surface area contributed by atoms with Crippen LogP contribution in [0.2, 0.25) is 0 Å². The highest BCUT2D eigenvalue weighted by molar-refractivity contribution is 5.98. The molecule has 0 spiro atoms. The average molecular weight is 204 g/mol. The number of anilines is 2. The van der Waals surface area contributed by atoms with Crippen LogP contribution in [0.3, 0.4) is 0 Å². The van der Waals surface area contributed by atoms with Crippen LogP contribution < -0.4 is 10.6 Å². The maximum Gasteiger partial charge on any atom is 0.324 e. The van der Waals surface area contributed by atoms with E-state index in [9.17, 15) is 4.79 Å². The van der Waals surface area contributed by atoms with E-state index in [0.717, 1.165) is 0 Å². The quantitative estimate of drug-likeness (QED) is 0.780. The normalized spacial score (nSPS) is 9.60. The molecule has 15 heavy (non-hydrogen) atoms. The topological polar surface area (TPSA) is 80.0 Å². The Hall–Kier alpha value is -2.37. The minimum atomic E-state index is -0.392. The molecule has 0 saturated heterocycles. The first kappa shape index (κ1) is 9.20. The molecule has 0 aromatic carbocycles. The second-order valence-corrected chi connectivity index (χ2v) is 2.71. The van der Waals surface area contributed by atoms with Crippen LogP contribution in [-0.4, -0.2) is 16.2 Å². The molecule has 2 rings (SSSR count). The van der Waals surface area contributed by atoms with Crippen molar-refractivity contribution in [1.29, 1.82) is 0 Å². The van der Waals surface area contributed by atoms with Crippen LogP contribution in [0.4, 0.5) is 16.3 Å². The van der Waals surface area contributed by atoms with Gasteiger partial charge in [-0.15, -0.1) is 0 Å². The van der Waals surface area contributed by atoms with Crippen molar-refractivity contribution in [3.8, 4) is 0 Å². The lowest BCUT2D eigenvalue weighted by atomic mass is 10.4. The Morgan fingerprint density at radius 1 is 1.33 bits per heavy atom. The Kier molecular flexibility index (Phi) is 2.59. The highest BCUT2D eigenvalue weighted by Gasteiger charge is 2.03. The number of pyridine rings is 1. The molecule has 2 aromatic heterocycles. The van der Waals surface area contributed by atoms with Gasteiger partial charge in [-0.25, -0.2) is 4.79 Å². The molecule has 2 aromatic rings. The predicted molar refractivity (Wildman–Crippen MR) is 53.4 cm³/mol. The number of carbonyl (C=O) groups excluding carboxylic acids is 1. The van der Waals surface area contributed by atoms with E-state index in [0.29, 0.717) is 11.5 Å². The molecule has 6 heteroatoms. The fraction of sp³-hybridized carbons (Fsp3) is 0. The van der Waals surface area contributed by atoms with Crippen LogP contribution in [0.1, 0.15) is 0 Å². The lowest BCUT2D eigenvalue weighted by Gasteiger charge is -2.03. The maximum absolute atomic E-state index is 11.3. The van der Waals surface area contributed by atoms with E-state index in [2.05, 4.69) is 25.3 Å². The van der Waals surface area contributed by atoms with Gasteiger partial charge in [0.2, 0.25) is 0 Å². The zero-order chi connectivity index (χ0) is 10.5. The first-order valence-corrected chi connectivity index (χ1v) is 4.23. The number of hydrogen-bond acceptors (Lipinski definition) is 4. The van der Waals surface area contributed by atoms with Crippen LogP contribution in [0.5, 0.6) is 0 Å². The van der Waals surface area contributed by atoms with Crippen LogP contribution in [-0.2, 0) is 0 Å². The highest BCUT2D eigenvalue weighted by Crippen LogP contribution is 2.05. The highest BCUT2D eigenvalue weighted by atomic mass is 16.5. The van der Waals surface area contributed by atoms with Crippen molar-refractivity contribution in [2.75, 3.05) is 10.6 Å². The van der Waals surface area contributed by atoms with Crippen molar-refractivity contribution >= 4 is 17.5 Å². The van der Waals surface area contributed by atoms with Crippen molar-refractivity contribution in [2.24, 2.45) is 0 Å². The van der Waals surface area contributed by atoms with E-state index in [1.807, 2.05) is 0 Å². The molecular weight excluding hydrogens is 196 g/mol. The third-order valence-electron chi connectivity index (χ3n) is 1.60. The number of carbonyl (C=O) groups is 1. The van der Waals surface area contributed by atoms with Gasteiger partial charge in [0.1, 0.15) is 6.26 Å². The van der Waals surface area contributed by atoms with Crippen LogP contribution in [0.15, 0.2) is 41.4 Å². The smallest absolute Gasteiger partial charge is 0.324 e. The summed E-state index contributed by atoms with van der Waals surface area (Å²) in [5.41, 5.74) is 0.610. The molecule has 0 saturated carbocycles. The predicted octanol–water partition coefficient (Wildman–Crippen LogP) is 1.71. The van der Waals surface area contributed by atoms with Gasteiger partial charge in [0.15, 0.2) is 5.82 Å². The first-order valence-electron chi connectivity index (χ1n) is 4.23. The molecule has 0 atom stereocenters. The maximum atomic E-state index is 11.3. The van der Waals surface area contributed by atoms with E-state index in [1.54, 1.807) is 30.6 Å². The number of hydrogen-bond donors (Lipinski definition) is 2. The zero-order valence-corrected chi connectivity index (χ0v) is 7.68. The average Bonchev–Trinajstić information content (AvgIpc) is 2.71. The van der Waals surface area contributed by atoms with E-state index in [1.165, 1.54) is 6.26 Å². The fourth-order valence-electron chi connectivity index (χ4n) is 0.992. The van der Waals surface area contributed by atoms with Gasteiger partial charge in [-0.2, -0.15) is 0 Å². The fourth-order valence-corrected chi connectivity index (χ4v) is 0.992. The Balaban J connectivity index is 1.94. The van der Waals surface area contributed by atoms with Gasteiger partial charge in [-0.05, 0) is 12.1 Å². The van der Waals surface area contributed by atoms with E-state index in [4.69, 9.17) is 0 Å². The monoisotopic (exact) mass is 204 g/mol. The number of nitrogens with zero attached hydrogens (tertiary/aromatic N) is 2. The van der Waals surface area contributed by atoms with Crippen LogP contribution >= 0.6 is 0 Å². The summed E-state index contributed by atoms with van der Waals surface area (Å²) in [5, 5.41) is 8.61. The first-order chi connectivity index (χ1) is 7.34. The Morgan fingerprint density at radius 2 is 2.27 bits per heavy atom. The molecule has 2 N–H and O–H groups in total. The Morgan fingerprint density at radius 3 is 2.93 bits per heavy atom. The van der Waals surface area contributed by atoms with E-state index >= 15 is 0 Å². The van der Waals surface area contributed by atoms with Gasteiger partial charge in [0, 0.05) is 12.3 Å². The molecule has 0 aliphatic rings. The number of rotatable bonds is 2. The second kappa shape index (κ2) is 4.23. The standard InChI is InChI=1S/C9H8N4O2/c14-9(12-8-3-5-15-13-8)11-7-2-1-4-10-6-7/h1-6H,(H2,11,12,13,14). The van der Waals surface area contributed by atoms with Crippen molar-refractivity contribution in [2.45, 2.75) is 0 Å². The van der Waals surface area contributed by atoms with Crippen molar-refractivity contribution in [3.63, 3.8) is 0 Å². The summed E-state index contributed by atoms with van der Waals surface area (Å²) < 4.78 is 4.56. The Bertz CT molecular complexity index is 427. The lowest BCUT2D eigenvalue weighted by Crippen LogP contribution is -2.19. The number of aromatic nitrogens is 2.